The average Bonchev–Trinajstić information content (AvgIpc) is 3.38. The van der Waals surface area contributed by atoms with Crippen molar-refractivity contribution in [2.24, 2.45) is 0 Å². The molecule has 8 heteroatoms. The fourth-order valence-corrected chi connectivity index (χ4v) is 4.80. The van der Waals surface area contributed by atoms with Crippen molar-refractivity contribution in [1.29, 1.82) is 0 Å². The van der Waals surface area contributed by atoms with Gasteiger partial charge in [-0.1, -0.05) is 0 Å². The molecule has 2 aliphatic heterocycles. The predicted octanol–water partition coefficient (Wildman–Crippen LogP) is 1.95. The van der Waals surface area contributed by atoms with Crippen LogP contribution in [-0.2, 0) is 13.0 Å². The SMILES string of the molecule is COc1ccc(OCCCOc2c(OC)ccc3cc4[n+](cc23)CCc2cc3c(cc2-4)OCO3)cc1.[Br-]. The molecule has 1 aromatic heterocycles. The summed E-state index contributed by atoms with van der Waals surface area (Å²) in [5.41, 5.74) is 3.62. The molecule has 0 spiro atoms. The highest BCUT2D eigenvalue weighted by Crippen LogP contribution is 2.41. The number of hydrogen-bond acceptors (Lipinski definition) is 6. The van der Waals surface area contributed by atoms with E-state index in [1.54, 1.807) is 14.2 Å². The first-order valence-corrected chi connectivity index (χ1v) is 12.1. The first-order chi connectivity index (χ1) is 17.7. The Morgan fingerprint density at radius 1 is 0.838 bits per heavy atom. The summed E-state index contributed by atoms with van der Waals surface area (Å²) in [4.78, 5) is 0. The number of nitrogens with zero attached hydrogens (tertiary/aromatic N) is 1. The molecule has 0 N–H and O–H groups in total. The number of pyridine rings is 1. The van der Waals surface area contributed by atoms with Crippen LogP contribution in [0, 0.1) is 0 Å². The molecule has 0 fully saturated rings. The summed E-state index contributed by atoms with van der Waals surface area (Å²) < 4.78 is 36.4. The smallest absolute Gasteiger partial charge is 0.231 e. The number of benzene rings is 3. The second-order valence-corrected chi connectivity index (χ2v) is 8.79. The second kappa shape index (κ2) is 10.8. The van der Waals surface area contributed by atoms with Crippen molar-refractivity contribution in [2.45, 2.75) is 19.4 Å². The summed E-state index contributed by atoms with van der Waals surface area (Å²) >= 11 is 0. The van der Waals surface area contributed by atoms with Gasteiger partial charge in [-0.3, -0.25) is 0 Å². The summed E-state index contributed by atoms with van der Waals surface area (Å²) in [6, 6.07) is 18.0. The predicted molar refractivity (Wildman–Crippen MR) is 135 cm³/mol. The number of aromatic nitrogens is 1. The van der Waals surface area contributed by atoms with Crippen LogP contribution >= 0.6 is 0 Å². The number of rotatable bonds is 8. The molecule has 0 saturated heterocycles. The van der Waals surface area contributed by atoms with Crippen molar-refractivity contribution >= 4 is 10.8 Å². The van der Waals surface area contributed by atoms with Crippen molar-refractivity contribution < 1.29 is 50.0 Å². The quantitative estimate of drug-likeness (QED) is 0.240. The molecular weight excluding hydrogens is 538 g/mol. The molecule has 3 heterocycles. The minimum absolute atomic E-state index is 0. The number of halogens is 1. The van der Waals surface area contributed by atoms with Crippen molar-refractivity contribution in [1.82, 2.24) is 0 Å². The van der Waals surface area contributed by atoms with Crippen LogP contribution < -0.4 is 50.0 Å². The van der Waals surface area contributed by atoms with E-state index in [4.69, 9.17) is 28.4 Å². The zero-order valence-corrected chi connectivity index (χ0v) is 22.4. The lowest BCUT2D eigenvalue weighted by atomic mass is 9.95. The number of fused-ring (bicyclic) bond motifs is 5. The van der Waals surface area contributed by atoms with Crippen LogP contribution in [0.25, 0.3) is 22.0 Å². The van der Waals surface area contributed by atoms with Gasteiger partial charge < -0.3 is 45.4 Å². The van der Waals surface area contributed by atoms with Crippen LogP contribution in [0.15, 0.2) is 60.8 Å². The molecular formula is C29H28BrNO6. The second-order valence-electron chi connectivity index (χ2n) is 8.79. The van der Waals surface area contributed by atoms with E-state index in [0.717, 1.165) is 70.3 Å². The van der Waals surface area contributed by atoms with Gasteiger partial charge in [0, 0.05) is 18.9 Å². The first-order valence-electron chi connectivity index (χ1n) is 12.1. The summed E-state index contributed by atoms with van der Waals surface area (Å²) in [6.45, 7) is 2.22. The minimum Gasteiger partial charge on any atom is -1.00 e. The highest BCUT2D eigenvalue weighted by Gasteiger charge is 2.28. The average molecular weight is 566 g/mol. The van der Waals surface area contributed by atoms with Crippen molar-refractivity contribution in [3.8, 4) is 45.8 Å². The monoisotopic (exact) mass is 565 g/mol. The molecule has 3 aromatic carbocycles. The minimum atomic E-state index is 0. The molecule has 0 radical (unpaired) electrons. The Kier molecular flexibility index (Phi) is 7.28. The number of aryl methyl sites for hydroxylation is 2. The Hall–Kier alpha value is -3.65. The topological polar surface area (TPSA) is 59.3 Å². The van der Waals surface area contributed by atoms with Gasteiger partial charge >= 0.3 is 0 Å². The van der Waals surface area contributed by atoms with Crippen molar-refractivity contribution in [3.05, 3.63) is 66.4 Å². The molecule has 192 valence electrons. The third kappa shape index (κ3) is 4.85. The van der Waals surface area contributed by atoms with E-state index in [9.17, 15) is 0 Å². The molecule has 0 amide bonds. The van der Waals surface area contributed by atoms with Gasteiger partial charge in [0.15, 0.2) is 35.7 Å². The summed E-state index contributed by atoms with van der Waals surface area (Å²) in [5.74, 6) is 4.73. The van der Waals surface area contributed by atoms with Gasteiger partial charge in [-0.05, 0) is 59.5 Å². The summed E-state index contributed by atoms with van der Waals surface area (Å²) in [6.07, 6.45) is 3.84. The van der Waals surface area contributed by atoms with E-state index in [-0.39, 0.29) is 23.8 Å². The van der Waals surface area contributed by atoms with Gasteiger partial charge in [-0.25, -0.2) is 0 Å². The zero-order chi connectivity index (χ0) is 24.5. The molecule has 37 heavy (non-hydrogen) atoms. The fraction of sp³-hybridized carbons (Fsp3) is 0.276. The van der Waals surface area contributed by atoms with Crippen LogP contribution in [0.4, 0.5) is 0 Å². The largest absolute Gasteiger partial charge is 1.00 e. The summed E-state index contributed by atoms with van der Waals surface area (Å²) in [5, 5.41) is 2.12. The van der Waals surface area contributed by atoms with Crippen LogP contribution in [0.1, 0.15) is 12.0 Å². The highest BCUT2D eigenvalue weighted by atomic mass is 79.9. The Morgan fingerprint density at radius 3 is 2.38 bits per heavy atom. The normalized spacial score (nSPS) is 12.8. The lowest BCUT2D eigenvalue weighted by Crippen LogP contribution is -3.00. The molecule has 0 bridgehead atoms. The Bertz CT molecular complexity index is 1420. The lowest BCUT2D eigenvalue weighted by Gasteiger charge is -2.18. The zero-order valence-electron chi connectivity index (χ0n) is 20.8. The van der Waals surface area contributed by atoms with E-state index < -0.39 is 0 Å². The van der Waals surface area contributed by atoms with E-state index in [0.29, 0.717) is 13.2 Å². The summed E-state index contributed by atoms with van der Waals surface area (Å²) in [7, 11) is 3.32. The molecule has 0 atom stereocenters. The van der Waals surface area contributed by atoms with Gasteiger partial charge in [0.2, 0.25) is 12.5 Å². The number of methoxy groups -OCH3 is 2. The van der Waals surface area contributed by atoms with Gasteiger partial charge in [0.05, 0.1) is 38.4 Å². The molecule has 0 saturated carbocycles. The Balaban J connectivity index is 0.00000280. The van der Waals surface area contributed by atoms with Gasteiger partial charge in [0.1, 0.15) is 11.5 Å². The molecule has 2 aliphatic rings. The molecule has 4 aromatic rings. The molecule has 0 unspecified atom stereocenters. The maximum Gasteiger partial charge on any atom is 0.231 e. The van der Waals surface area contributed by atoms with Crippen LogP contribution in [-0.4, -0.2) is 34.2 Å². The molecule has 0 aliphatic carbocycles. The van der Waals surface area contributed by atoms with Gasteiger partial charge in [0.25, 0.3) is 0 Å². The van der Waals surface area contributed by atoms with E-state index in [1.807, 2.05) is 30.3 Å². The van der Waals surface area contributed by atoms with Crippen LogP contribution in [0.5, 0.6) is 34.5 Å². The standard InChI is InChI=1S/C29H28NO6.BrH/c1-31-21-5-7-22(8-6-21)33-12-3-13-34-29-24-17-30-11-10-20-15-27-28(36-18-35-27)16-23(20)25(30)14-19(24)4-9-26(29)32-2;/h4-9,14-17H,3,10-13,18H2,1-2H3;1H/q+1;/p-1. The number of hydrogen-bond donors (Lipinski definition) is 0. The van der Waals surface area contributed by atoms with E-state index in [2.05, 4.69) is 35.0 Å². The Labute approximate surface area is 226 Å². The maximum atomic E-state index is 6.26. The van der Waals surface area contributed by atoms with E-state index >= 15 is 0 Å². The van der Waals surface area contributed by atoms with Crippen LogP contribution in [0.3, 0.4) is 0 Å². The van der Waals surface area contributed by atoms with Gasteiger partial charge in [-0.15, -0.1) is 0 Å². The maximum absolute atomic E-state index is 6.26. The van der Waals surface area contributed by atoms with Gasteiger partial charge in [-0.2, -0.15) is 4.57 Å². The lowest BCUT2D eigenvalue weighted by molar-refractivity contribution is -0.686. The van der Waals surface area contributed by atoms with Crippen LogP contribution in [0.2, 0.25) is 0 Å². The fourth-order valence-electron chi connectivity index (χ4n) is 4.80. The number of ether oxygens (including phenoxy) is 6. The molecule has 7 nitrogen and oxygen atoms in total. The highest BCUT2D eigenvalue weighted by molar-refractivity contribution is 5.91. The third-order valence-electron chi connectivity index (χ3n) is 6.66. The third-order valence-corrected chi connectivity index (χ3v) is 6.66. The van der Waals surface area contributed by atoms with E-state index in [1.165, 1.54) is 11.1 Å². The Morgan fingerprint density at radius 2 is 1.59 bits per heavy atom. The van der Waals surface area contributed by atoms with Crippen molar-refractivity contribution in [2.75, 3.05) is 34.2 Å². The first kappa shape index (κ1) is 25.0. The molecule has 6 rings (SSSR count). The van der Waals surface area contributed by atoms with Crippen molar-refractivity contribution in [3.63, 3.8) is 0 Å².